The van der Waals surface area contributed by atoms with Gasteiger partial charge in [-0.3, -0.25) is 0 Å². The zero-order valence-corrected chi connectivity index (χ0v) is 10.7. The van der Waals surface area contributed by atoms with Gasteiger partial charge in [0.25, 0.3) is 0 Å². The molecule has 0 saturated heterocycles. The average molecular weight is 274 g/mol. The lowest BCUT2D eigenvalue weighted by molar-refractivity contribution is 0.356. The minimum absolute atomic E-state index is 0.264. The molecule has 3 aliphatic carbocycles. The standard InChI is InChI=1S/C10H12Cl4/c11-8(12)3-1-4-9-6(2-5-8)7(9)10(9,13)14/h6-7H,1-5H2/t6-,7+,9+/m1/s1. The first kappa shape index (κ1) is 10.3. The fraction of sp³-hybridized carbons (Fsp3) is 1.00. The first-order valence-corrected chi connectivity index (χ1v) is 6.69. The van der Waals surface area contributed by atoms with Gasteiger partial charge in [0, 0.05) is 11.3 Å². The van der Waals surface area contributed by atoms with Crippen LogP contribution in [0, 0.1) is 17.3 Å². The van der Waals surface area contributed by atoms with E-state index in [1.165, 1.54) is 0 Å². The van der Waals surface area contributed by atoms with Gasteiger partial charge in [0.05, 0.1) is 0 Å². The minimum Gasteiger partial charge on any atom is -0.102 e. The Kier molecular flexibility index (Phi) is 1.99. The highest BCUT2D eigenvalue weighted by Gasteiger charge is 2.93. The van der Waals surface area contributed by atoms with Crippen LogP contribution in [0.1, 0.15) is 32.1 Å². The molecular weight excluding hydrogens is 262 g/mol. The molecule has 80 valence electrons. The summed E-state index contributed by atoms with van der Waals surface area (Å²) in [7, 11) is 0. The number of halogens is 4. The van der Waals surface area contributed by atoms with Crippen LogP contribution in [0.25, 0.3) is 0 Å². The molecule has 0 bridgehead atoms. The van der Waals surface area contributed by atoms with Crippen LogP contribution in [-0.4, -0.2) is 8.67 Å². The Bertz CT molecular complexity index is 284. The summed E-state index contributed by atoms with van der Waals surface area (Å²) in [5.74, 6) is 1.25. The monoisotopic (exact) mass is 272 g/mol. The lowest BCUT2D eigenvalue weighted by atomic mass is 9.90. The van der Waals surface area contributed by atoms with Crippen molar-refractivity contribution in [2.24, 2.45) is 17.3 Å². The van der Waals surface area contributed by atoms with Crippen molar-refractivity contribution >= 4 is 46.4 Å². The van der Waals surface area contributed by atoms with E-state index in [9.17, 15) is 0 Å². The summed E-state index contributed by atoms with van der Waals surface area (Å²) in [4.78, 5) is 0. The molecule has 0 heterocycles. The van der Waals surface area contributed by atoms with Crippen LogP contribution >= 0.6 is 46.4 Å². The second-order valence-electron chi connectivity index (χ2n) is 5.00. The summed E-state index contributed by atoms with van der Waals surface area (Å²) in [5.41, 5.74) is 0.264. The van der Waals surface area contributed by atoms with Crippen LogP contribution in [0.5, 0.6) is 0 Å². The Morgan fingerprint density at radius 2 is 1.64 bits per heavy atom. The van der Waals surface area contributed by atoms with E-state index in [1.54, 1.807) is 0 Å². The van der Waals surface area contributed by atoms with Crippen molar-refractivity contribution in [1.29, 1.82) is 0 Å². The molecule has 4 heteroatoms. The Morgan fingerprint density at radius 3 is 2.29 bits per heavy atom. The van der Waals surface area contributed by atoms with Gasteiger partial charge in [0.1, 0.15) is 8.67 Å². The summed E-state index contributed by atoms with van der Waals surface area (Å²) >= 11 is 24.7. The third-order valence-corrected chi connectivity index (χ3v) is 6.32. The Hall–Kier alpha value is 1.16. The largest absolute Gasteiger partial charge is 0.128 e. The van der Waals surface area contributed by atoms with E-state index < -0.39 is 8.67 Å². The molecule has 3 saturated carbocycles. The zero-order chi connectivity index (χ0) is 10.2. The highest BCUT2D eigenvalue weighted by Crippen LogP contribution is 2.93. The zero-order valence-electron chi connectivity index (χ0n) is 7.70. The average Bonchev–Trinajstić information content (AvgIpc) is 2.82. The van der Waals surface area contributed by atoms with Gasteiger partial charge < -0.3 is 0 Å². The minimum atomic E-state index is -0.502. The molecule has 1 spiro atoms. The van der Waals surface area contributed by atoms with E-state index in [0.717, 1.165) is 32.1 Å². The molecule has 0 unspecified atom stereocenters. The third kappa shape index (κ3) is 1.09. The Balaban J connectivity index is 1.72. The summed E-state index contributed by atoms with van der Waals surface area (Å²) in [5, 5.41) is 0. The topological polar surface area (TPSA) is 0 Å². The number of rotatable bonds is 0. The lowest BCUT2D eigenvalue weighted by Crippen LogP contribution is -2.24. The molecule has 3 aliphatic rings. The second-order valence-corrected chi connectivity index (χ2v) is 8.02. The first-order valence-electron chi connectivity index (χ1n) is 5.17. The molecule has 0 radical (unpaired) electrons. The highest BCUT2D eigenvalue weighted by atomic mass is 35.5. The van der Waals surface area contributed by atoms with E-state index >= 15 is 0 Å². The van der Waals surface area contributed by atoms with Crippen molar-refractivity contribution in [3.05, 3.63) is 0 Å². The molecule has 14 heavy (non-hydrogen) atoms. The first-order chi connectivity index (χ1) is 6.42. The molecule has 0 nitrogen and oxygen atoms in total. The predicted octanol–water partition coefficient (Wildman–Crippen LogP) is 4.54. The predicted molar refractivity (Wildman–Crippen MR) is 61.4 cm³/mol. The molecular formula is C10H12Cl4. The van der Waals surface area contributed by atoms with E-state index in [-0.39, 0.29) is 5.41 Å². The van der Waals surface area contributed by atoms with Crippen LogP contribution in [0.2, 0.25) is 0 Å². The van der Waals surface area contributed by atoms with Crippen LogP contribution < -0.4 is 0 Å². The van der Waals surface area contributed by atoms with Crippen LogP contribution in [0.4, 0.5) is 0 Å². The van der Waals surface area contributed by atoms with Crippen molar-refractivity contribution in [1.82, 2.24) is 0 Å². The van der Waals surface area contributed by atoms with Gasteiger partial charge in [-0.2, -0.15) is 0 Å². The number of alkyl halides is 4. The fourth-order valence-corrected chi connectivity index (χ4v) is 5.26. The van der Waals surface area contributed by atoms with Crippen molar-refractivity contribution in [3.8, 4) is 0 Å². The summed E-state index contributed by atoms with van der Waals surface area (Å²) in [6.45, 7) is 0. The maximum Gasteiger partial charge on any atom is 0.128 e. The van der Waals surface area contributed by atoms with Crippen molar-refractivity contribution < 1.29 is 0 Å². The van der Waals surface area contributed by atoms with Crippen LogP contribution in [0.15, 0.2) is 0 Å². The molecule has 0 N–H and O–H groups in total. The molecule has 3 rings (SSSR count). The van der Waals surface area contributed by atoms with Gasteiger partial charge >= 0.3 is 0 Å². The number of fused-ring (bicyclic) bond motifs is 1. The smallest absolute Gasteiger partial charge is 0.102 e. The molecule has 0 amide bonds. The van der Waals surface area contributed by atoms with E-state index in [1.807, 2.05) is 0 Å². The van der Waals surface area contributed by atoms with Gasteiger partial charge in [0.2, 0.25) is 0 Å². The molecule has 3 atom stereocenters. The SMILES string of the molecule is ClC1(Cl)CCC[C@]23[C@H](CC1)[C@@H]2C3(Cl)Cl. The summed E-state index contributed by atoms with van der Waals surface area (Å²) < 4.78 is -0.909. The molecule has 0 aliphatic heterocycles. The Labute approximate surface area is 104 Å². The van der Waals surface area contributed by atoms with Crippen molar-refractivity contribution in [2.75, 3.05) is 0 Å². The number of hydrogen-bond acceptors (Lipinski definition) is 0. The number of hydrogen-bond donors (Lipinski definition) is 0. The van der Waals surface area contributed by atoms with Crippen molar-refractivity contribution in [2.45, 2.75) is 40.8 Å². The highest BCUT2D eigenvalue weighted by molar-refractivity contribution is 6.53. The van der Waals surface area contributed by atoms with Gasteiger partial charge in [-0.25, -0.2) is 0 Å². The molecule has 0 aromatic rings. The second kappa shape index (κ2) is 2.70. The van der Waals surface area contributed by atoms with Gasteiger partial charge in [-0.15, -0.1) is 46.4 Å². The quantitative estimate of drug-likeness (QED) is 0.569. The molecule has 3 fully saturated rings. The van der Waals surface area contributed by atoms with E-state index in [4.69, 9.17) is 46.4 Å². The van der Waals surface area contributed by atoms with Crippen molar-refractivity contribution in [3.63, 3.8) is 0 Å². The molecule has 0 aromatic heterocycles. The fourth-order valence-electron chi connectivity index (χ4n) is 3.49. The third-order valence-electron chi connectivity index (χ3n) is 4.39. The lowest BCUT2D eigenvalue weighted by Gasteiger charge is -2.28. The maximum atomic E-state index is 6.20. The normalized spacial score (nSPS) is 52.3. The van der Waals surface area contributed by atoms with Crippen LogP contribution in [-0.2, 0) is 0 Å². The molecule has 0 aromatic carbocycles. The van der Waals surface area contributed by atoms with Gasteiger partial charge in [-0.05, 0) is 38.0 Å². The van der Waals surface area contributed by atoms with Gasteiger partial charge in [-0.1, -0.05) is 0 Å². The van der Waals surface area contributed by atoms with Gasteiger partial charge in [0.15, 0.2) is 0 Å². The van der Waals surface area contributed by atoms with Crippen LogP contribution in [0.3, 0.4) is 0 Å². The summed E-state index contributed by atoms with van der Waals surface area (Å²) in [6, 6.07) is 0. The summed E-state index contributed by atoms with van der Waals surface area (Å²) in [6.07, 6.45) is 5.03. The van der Waals surface area contributed by atoms with E-state index in [0.29, 0.717) is 11.8 Å². The maximum absolute atomic E-state index is 6.20. The van der Waals surface area contributed by atoms with E-state index in [2.05, 4.69) is 0 Å². The Morgan fingerprint density at radius 1 is 0.929 bits per heavy atom.